The summed E-state index contributed by atoms with van der Waals surface area (Å²) in [6, 6.07) is 2.92. The second-order valence-corrected chi connectivity index (χ2v) is 7.78. The molecule has 2 heterocycles. The van der Waals surface area contributed by atoms with Gasteiger partial charge in [0.1, 0.15) is 5.82 Å². The van der Waals surface area contributed by atoms with Gasteiger partial charge in [0.25, 0.3) is 0 Å². The summed E-state index contributed by atoms with van der Waals surface area (Å²) in [4.78, 5) is 4.07. The molecule has 0 unspecified atom stereocenters. The first-order chi connectivity index (χ1) is 8.81. The molecule has 1 fully saturated rings. The standard InChI is InChI=1S/C13H21N3O2S/c1-13(2)5-3-8-16(9-6-13)19(17,18)11-4-7-15-12(14)10-11/h4,7,10H,3,5-6,8-9H2,1-2H3,(H2,14,15). The van der Waals surface area contributed by atoms with Crippen LogP contribution in [0, 0.1) is 5.41 Å². The van der Waals surface area contributed by atoms with Crippen LogP contribution in [0.15, 0.2) is 23.2 Å². The van der Waals surface area contributed by atoms with E-state index < -0.39 is 10.0 Å². The zero-order chi connectivity index (χ0) is 14.1. The molecule has 19 heavy (non-hydrogen) atoms. The molecule has 6 heteroatoms. The van der Waals surface area contributed by atoms with E-state index in [9.17, 15) is 8.42 Å². The molecule has 1 saturated heterocycles. The van der Waals surface area contributed by atoms with Crippen LogP contribution in [0.2, 0.25) is 0 Å². The van der Waals surface area contributed by atoms with Crippen molar-refractivity contribution in [2.45, 2.75) is 38.0 Å². The molecule has 1 aliphatic rings. The average Bonchev–Trinajstić information content (AvgIpc) is 2.50. The highest BCUT2D eigenvalue weighted by Crippen LogP contribution is 2.31. The molecule has 0 aliphatic carbocycles. The van der Waals surface area contributed by atoms with E-state index in [1.807, 2.05) is 0 Å². The fourth-order valence-electron chi connectivity index (χ4n) is 2.38. The van der Waals surface area contributed by atoms with Gasteiger partial charge in [-0.15, -0.1) is 0 Å². The Bertz CT molecular complexity index is 555. The van der Waals surface area contributed by atoms with Gasteiger partial charge in [-0.1, -0.05) is 13.8 Å². The number of pyridine rings is 1. The van der Waals surface area contributed by atoms with Crippen molar-refractivity contribution in [1.82, 2.24) is 9.29 Å². The zero-order valence-electron chi connectivity index (χ0n) is 11.5. The minimum atomic E-state index is -3.44. The Kier molecular flexibility index (Phi) is 3.82. The van der Waals surface area contributed by atoms with Crippen LogP contribution in [0.4, 0.5) is 5.82 Å². The van der Waals surface area contributed by atoms with Gasteiger partial charge in [0.05, 0.1) is 4.90 Å². The topological polar surface area (TPSA) is 76.3 Å². The number of rotatable bonds is 2. The molecule has 2 rings (SSSR count). The molecule has 1 aromatic rings. The maximum Gasteiger partial charge on any atom is 0.243 e. The van der Waals surface area contributed by atoms with Crippen LogP contribution in [0.3, 0.4) is 0 Å². The number of nitrogens with zero attached hydrogens (tertiary/aromatic N) is 2. The fourth-order valence-corrected chi connectivity index (χ4v) is 3.88. The van der Waals surface area contributed by atoms with E-state index in [-0.39, 0.29) is 16.1 Å². The summed E-state index contributed by atoms with van der Waals surface area (Å²) in [6.07, 6.45) is 4.26. The van der Waals surface area contributed by atoms with Gasteiger partial charge in [-0.3, -0.25) is 0 Å². The van der Waals surface area contributed by atoms with Gasteiger partial charge in [0.2, 0.25) is 10.0 Å². The van der Waals surface area contributed by atoms with Crippen LogP contribution in [0.25, 0.3) is 0 Å². The predicted molar refractivity (Wildman–Crippen MR) is 75.0 cm³/mol. The summed E-state index contributed by atoms with van der Waals surface area (Å²) in [7, 11) is -3.44. The Morgan fingerprint density at radius 1 is 1.32 bits per heavy atom. The third kappa shape index (κ3) is 3.25. The summed E-state index contributed by atoms with van der Waals surface area (Å²) < 4.78 is 26.7. The van der Waals surface area contributed by atoms with Crippen molar-refractivity contribution < 1.29 is 8.42 Å². The van der Waals surface area contributed by atoms with E-state index in [2.05, 4.69) is 18.8 Å². The quantitative estimate of drug-likeness (QED) is 0.899. The average molecular weight is 283 g/mol. The first-order valence-corrected chi connectivity index (χ1v) is 7.97. The van der Waals surface area contributed by atoms with Crippen molar-refractivity contribution >= 4 is 15.8 Å². The second kappa shape index (κ2) is 5.09. The highest BCUT2D eigenvalue weighted by Gasteiger charge is 2.30. The van der Waals surface area contributed by atoms with Gasteiger partial charge >= 0.3 is 0 Å². The van der Waals surface area contributed by atoms with Gasteiger partial charge < -0.3 is 5.73 Å². The van der Waals surface area contributed by atoms with Crippen LogP contribution in [-0.4, -0.2) is 30.8 Å². The molecule has 0 saturated carbocycles. The van der Waals surface area contributed by atoms with Gasteiger partial charge in [0.15, 0.2) is 0 Å². The fraction of sp³-hybridized carbons (Fsp3) is 0.615. The molecule has 0 aromatic carbocycles. The van der Waals surface area contributed by atoms with Crippen LogP contribution < -0.4 is 5.73 Å². The van der Waals surface area contributed by atoms with Gasteiger partial charge in [-0.05, 0) is 30.7 Å². The van der Waals surface area contributed by atoms with E-state index in [0.717, 1.165) is 19.3 Å². The number of anilines is 1. The number of hydrogen-bond donors (Lipinski definition) is 1. The van der Waals surface area contributed by atoms with Crippen molar-refractivity contribution in [3.8, 4) is 0 Å². The molecule has 106 valence electrons. The third-order valence-corrected chi connectivity index (χ3v) is 5.58. The van der Waals surface area contributed by atoms with E-state index >= 15 is 0 Å². The van der Waals surface area contributed by atoms with Gasteiger partial charge in [-0.25, -0.2) is 13.4 Å². The lowest BCUT2D eigenvalue weighted by molar-refractivity contribution is 0.315. The number of aromatic nitrogens is 1. The molecule has 1 aromatic heterocycles. The smallest absolute Gasteiger partial charge is 0.243 e. The second-order valence-electron chi connectivity index (χ2n) is 5.84. The van der Waals surface area contributed by atoms with Crippen molar-refractivity contribution in [2.75, 3.05) is 18.8 Å². The summed E-state index contributed by atoms with van der Waals surface area (Å²) >= 11 is 0. The number of hydrogen-bond acceptors (Lipinski definition) is 4. The lowest BCUT2D eigenvalue weighted by Crippen LogP contribution is -2.32. The molecule has 0 bridgehead atoms. The number of nitrogens with two attached hydrogens (primary N) is 1. The van der Waals surface area contributed by atoms with Crippen LogP contribution in [0.1, 0.15) is 33.1 Å². The first kappa shape index (κ1) is 14.3. The van der Waals surface area contributed by atoms with E-state index in [4.69, 9.17) is 5.73 Å². The molecule has 0 spiro atoms. The van der Waals surface area contributed by atoms with Crippen LogP contribution >= 0.6 is 0 Å². The molecule has 0 radical (unpaired) electrons. The molecule has 0 amide bonds. The SMILES string of the molecule is CC1(C)CCCN(S(=O)(=O)c2ccnc(N)c2)CC1. The maximum absolute atomic E-state index is 12.5. The first-order valence-electron chi connectivity index (χ1n) is 6.53. The van der Waals surface area contributed by atoms with Crippen LogP contribution in [-0.2, 0) is 10.0 Å². The summed E-state index contributed by atoms with van der Waals surface area (Å²) in [6.45, 7) is 5.52. The van der Waals surface area contributed by atoms with Crippen molar-refractivity contribution in [2.24, 2.45) is 5.41 Å². The van der Waals surface area contributed by atoms with Crippen molar-refractivity contribution in [3.63, 3.8) is 0 Å². The summed E-state index contributed by atoms with van der Waals surface area (Å²) in [5, 5.41) is 0. The number of sulfonamides is 1. The Hall–Kier alpha value is -1.14. The van der Waals surface area contributed by atoms with Gasteiger partial charge in [0, 0.05) is 25.4 Å². The molecule has 0 atom stereocenters. The lowest BCUT2D eigenvalue weighted by Gasteiger charge is -2.23. The van der Waals surface area contributed by atoms with E-state index in [1.165, 1.54) is 18.3 Å². The number of nitrogen functional groups attached to an aromatic ring is 1. The molecule has 5 nitrogen and oxygen atoms in total. The predicted octanol–water partition coefficient (Wildman–Crippen LogP) is 1.86. The highest BCUT2D eigenvalue weighted by atomic mass is 32.2. The van der Waals surface area contributed by atoms with E-state index in [0.29, 0.717) is 13.1 Å². The lowest BCUT2D eigenvalue weighted by atomic mass is 9.85. The van der Waals surface area contributed by atoms with Crippen molar-refractivity contribution in [1.29, 1.82) is 0 Å². The van der Waals surface area contributed by atoms with Gasteiger partial charge in [-0.2, -0.15) is 4.31 Å². The Labute approximate surface area is 114 Å². The Morgan fingerprint density at radius 3 is 2.74 bits per heavy atom. The Morgan fingerprint density at radius 2 is 2.05 bits per heavy atom. The molecule has 1 aliphatic heterocycles. The summed E-state index contributed by atoms with van der Waals surface area (Å²) in [5.74, 6) is 0.233. The monoisotopic (exact) mass is 283 g/mol. The Balaban J connectivity index is 2.25. The molecule has 2 N–H and O–H groups in total. The third-order valence-electron chi connectivity index (χ3n) is 3.69. The molecular formula is C13H21N3O2S. The minimum Gasteiger partial charge on any atom is -0.384 e. The van der Waals surface area contributed by atoms with Crippen LogP contribution in [0.5, 0.6) is 0 Å². The molecular weight excluding hydrogens is 262 g/mol. The largest absolute Gasteiger partial charge is 0.384 e. The zero-order valence-corrected chi connectivity index (χ0v) is 12.3. The van der Waals surface area contributed by atoms with Crippen molar-refractivity contribution in [3.05, 3.63) is 18.3 Å². The normalized spacial score (nSPS) is 20.9. The van der Waals surface area contributed by atoms with E-state index in [1.54, 1.807) is 4.31 Å². The minimum absolute atomic E-state index is 0.210. The highest BCUT2D eigenvalue weighted by molar-refractivity contribution is 7.89. The summed E-state index contributed by atoms with van der Waals surface area (Å²) in [5.41, 5.74) is 5.77. The maximum atomic E-state index is 12.5.